The van der Waals surface area contributed by atoms with Gasteiger partial charge >= 0.3 is 0 Å². The Morgan fingerprint density at radius 1 is 0.337 bits per heavy atom. The molecule has 2 aliphatic heterocycles. The molecule has 5 heteroatoms. The van der Waals surface area contributed by atoms with Gasteiger partial charge in [0.2, 0.25) is 0 Å². The second-order valence-electron chi connectivity index (χ2n) is 33.2. The summed E-state index contributed by atoms with van der Waals surface area (Å²) < 4.78 is 5.36. The number of benzene rings is 12. The molecule has 12 aromatic carbocycles. The lowest BCUT2D eigenvalue weighted by Crippen LogP contribution is -2.60. The van der Waals surface area contributed by atoms with E-state index in [2.05, 4.69) is 354 Å². The highest BCUT2D eigenvalue weighted by Crippen LogP contribution is 2.64. The third-order valence-corrected chi connectivity index (χ3v) is 22.8. The van der Waals surface area contributed by atoms with E-state index in [0.717, 1.165) is 11.4 Å². The van der Waals surface area contributed by atoms with E-state index in [1.165, 1.54) is 183 Å². The van der Waals surface area contributed by atoms with E-state index in [4.69, 9.17) is 0 Å². The highest BCUT2D eigenvalue weighted by Gasteiger charge is 2.54. The summed E-state index contributed by atoms with van der Waals surface area (Å²) >= 11 is 0. The zero-order valence-corrected chi connectivity index (χ0v) is 59.7. The Kier molecular flexibility index (Phi) is 12.6. The largest absolute Gasteiger partial charge is 0.311 e. The molecule has 0 atom stereocenters. The maximum Gasteiger partial charge on any atom is 0.252 e. The fourth-order valence-electron chi connectivity index (χ4n) is 18.3. The van der Waals surface area contributed by atoms with Crippen molar-refractivity contribution in [2.24, 2.45) is 0 Å². The maximum atomic E-state index is 2.72. The first-order chi connectivity index (χ1) is 46.8. The zero-order valence-electron chi connectivity index (χ0n) is 59.7. The number of aromatic nitrogens is 2. The van der Waals surface area contributed by atoms with Crippen molar-refractivity contribution in [1.29, 1.82) is 0 Å². The van der Waals surface area contributed by atoms with E-state index in [0.29, 0.717) is 0 Å². The summed E-state index contributed by atoms with van der Waals surface area (Å²) in [6, 6.07) is 88.3. The van der Waals surface area contributed by atoms with Gasteiger partial charge in [-0.2, -0.15) is 0 Å². The van der Waals surface area contributed by atoms with Gasteiger partial charge < -0.3 is 18.9 Å². The predicted molar refractivity (Wildman–Crippen MR) is 419 cm³/mol. The number of nitrogens with zero attached hydrogens (tertiary/aromatic N) is 4. The maximum absolute atomic E-state index is 2.72. The monoisotopic (exact) mass is 1270 g/mol. The molecule has 0 unspecified atom stereocenters. The third-order valence-electron chi connectivity index (χ3n) is 22.8. The predicted octanol–water partition coefficient (Wildman–Crippen LogP) is 22.7. The molecule has 0 radical (unpaired) electrons. The first-order valence-corrected chi connectivity index (χ1v) is 35.5. The number of fused-ring (bicyclic) bond motifs is 21. The average Bonchev–Trinajstić information content (AvgIpc) is 1.43. The molecule has 14 aromatic rings. The van der Waals surface area contributed by atoms with Gasteiger partial charge in [0.05, 0.1) is 44.5 Å². The summed E-state index contributed by atoms with van der Waals surface area (Å²) in [4.78, 5) is 5.35. The zero-order chi connectivity index (χ0) is 67.8. The van der Waals surface area contributed by atoms with Crippen molar-refractivity contribution in [1.82, 2.24) is 9.13 Å². The molecule has 0 saturated carbocycles. The molecule has 4 nitrogen and oxygen atoms in total. The summed E-state index contributed by atoms with van der Waals surface area (Å²) in [6.45, 7) is 37.5. The first kappa shape index (κ1) is 60.3. The molecular weight excluding hydrogens is 1180 g/mol. The Balaban J connectivity index is 1.04. The molecule has 1 spiro atoms. The van der Waals surface area contributed by atoms with Crippen LogP contribution in [0.4, 0.5) is 34.1 Å². The van der Waals surface area contributed by atoms with Crippen molar-refractivity contribution in [2.45, 2.75) is 138 Å². The summed E-state index contributed by atoms with van der Waals surface area (Å²) in [5.41, 5.74) is 38.4. The summed E-state index contributed by atoms with van der Waals surface area (Å²) in [6.07, 6.45) is 0. The highest BCUT2D eigenvalue weighted by atomic mass is 15.2. The van der Waals surface area contributed by atoms with Crippen molar-refractivity contribution in [3.8, 4) is 33.6 Å². The van der Waals surface area contributed by atoms with Crippen molar-refractivity contribution in [3.05, 3.63) is 291 Å². The smallest absolute Gasteiger partial charge is 0.252 e. The Hall–Kier alpha value is -10.1. The number of para-hydroxylation sites is 3. The molecule has 2 aliphatic carbocycles. The first-order valence-electron chi connectivity index (χ1n) is 35.5. The minimum Gasteiger partial charge on any atom is -0.311 e. The van der Waals surface area contributed by atoms with Gasteiger partial charge in [-0.25, -0.2) is 0 Å². The van der Waals surface area contributed by atoms with Crippen molar-refractivity contribution >= 4 is 101 Å². The summed E-state index contributed by atoms with van der Waals surface area (Å²) in [5.74, 6) is 0. The third kappa shape index (κ3) is 8.31. The van der Waals surface area contributed by atoms with Gasteiger partial charge in [-0.15, -0.1) is 0 Å². The van der Waals surface area contributed by atoms with Gasteiger partial charge in [0.15, 0.2) is 0 Å². The number of anilines is 6. The van der Waals surface area contributed by atoms with Crippen LogP contribution in [0.15, 0.2) is 224 Å². The number of rotatable bonds is 5. The molecule has 4 heterocycles. The van der Waals surface area contributed by atoms with Crippen LogP contribution in [-0.4, -0.2) is 15.8 Å². The second-order valence-corrected chi connectivity index (χ2v) is 33.2. The van der Waals surface area contributed by atoms with Crippen LogP contribution in [0.5, 0.6) is 0 Å². The van der Waals surface area contributed by atoms with Crippen LogP contribution in [0.3, 0.4) is 0 Å². The molecule has 98 heavy (non-hydrogen) atoms. The Labute approximate surface area is 578 Å². The lowest BCUT2D eigenvalue weighted by Gasteiger charge is -2.43. The van der Waals surface area contributed by atoms with E-state index >= 15 is 0 Å². The highest BCUT2D eigenvalue weighted by molar-refractivity contribution is 7.00. The molecule has 0 N–H and O–H groups in total. The molecule has 0 saturated heterocycles. The molecule has 0 amide bonds. The molecule has 0 fully saturated rings. The average molecular weight is 1270 g/mol. The van der Waals surface area contributed by atoms with Crippen LogP contribution < -0.4 is 26.2 Å². The normalized spacial score (nSPS) is 14.2. The van der Waals surface area contributed by atoms with Gasteiger partial charge in [0.25, 0.3) is 6.71 Å². The van der Waals surface area contributed by atoms with Crippen molar-refractivity contribution < 1.29 is 0 Å². The van der Waals surface area contributed by atoms with Crippen molar-refractivity contribution in [2.75, 3.05) is 9.80 Å². The van der Waals surface area contributed by atoms with Gasteiger partial charge in [-0.1, -0.05) is 253 Å². The van der Waals surface area contributed by atoms with Crippen molar-refractivity contribution in [3.63, 3.8) is 0 Å². The van der Waals surface area contributed by atoms with Gasteiger partial charge in [0, 0.05) is 50.0 Å². The number of aryl methyl sites for hydroxylation is 4. The summed E-state index contributed by atoms with van der Waals surface area (Å²) in [5, 5.41) is 5.05. The van der Waals surface area contributed by atoms with Crippen LogP contribution in [0, 0.1) is 27.7 Å². The SMILES string of the molecule is Cc1cc(C(C)(C)C)cc(C)c1N(c1cc2c3c(c1)-n1c4ccccc4c4c1c(cc1c5ccccc5n(-c5cc(C(C)(C)C)cc(C(C)(C)C)c5)c14)B3c1cc3c(cc1N2c1ccccc1)C1(c2ccccc2-c2ccccc21)c1ccccc1-3)c1c(C)cc(C(C)(C)C)cc1C. The summed E-state index contributed by atoms with van der Waals surface area (Å²) in [7, 11) is 0. The Bertz CT molecular complexity index is 5610. The Morgan fingerprint density at radius 3 is 1.32 bits per heavy atom. The van der Waals surface area contributed by atoms with Gasteiger partial charge in [0.1, 0.15) is 0 Å². The molecular formula is C93H85BN4. The molecule has 0 bridgehead atoms. The fraction of sp³-hybridized carbons (Fsp3) is 0.226. The van der Waals surface area contributed by atoms with E-state index in [9.17, 15) is 0 Å². The van der Waals surface area contributed by atoms with E-state index in [-0.39, 0.29) is 28.4 Å². The number of hydrogen-bond donors (Lipinski definition) is 0. The molecule has 480 valence electrons. The van der Waals surface area contributed by atoms with Crippen LogP contribution in [0.25, 0.3) is 77.2 Å². The minimum atomic E-state index is -0.562. The molecule has 4 aliphatic rings. The van der Waals surface area contributed by atoms with Crippen LogP contribution >= 0.6 is 0 Å². The second kappa shape index (κ2) is 20.5. The topological polar surface area (TPSA) is 16.3 Å². The number of hydrogen-bond acceptors (Lipinski definition) is 2. The molecule has 18 rings (SSSR count). The quantitative estimate of drug-likeness (QED) is 0.160. The lowest BCUT2D eigenvalue weighted by atomic mass is 9.33. The van der Waals surface area contributed by atoms with Crippen LogP contribution in [0.2, 0.25) is 0 Å². The standard InChI is InChI=1S/C93H85BN4/c1-54-42-58(89(5,6)7)43-55(2)85(54)97(86-56(3)44-59(45-57(86)4)90(8,9)10)64-49-81-84-82(50-64)98-79-41-29-24-36-69(79)83-87-71(68-35-23-28-40-78(68)96(87)63-47-60(91(11,12)13)46-61(48-63)92(14,15)16)52-77(88(83)98)94(84)76-51-70-67-34-22-27-39-74(67)93(75(70)53-80(76)95(81)62-30-18-17-19-31-62)72-37-25-20-32-65(72)66-33-21-26-38-73(66)93/h17-53H,1-16H3. The van der Waals surface area contributed by atoms with Crippen LogP contribution in [0.1, 0.15) is 150 Å². The van der Waals surface area contributed by atoms with Gasteiger partial charge in [-0.3, -0.25) is 0 Å². The van der Waals surface area contributed by atoms with E-state index in [1.807, 2.05) is 0 Å². The fourth-order valence-corrected chi connectivity index (χ4v) is 18.3. The molecule has 2 aromatic heterocycles. The lowest BCUT2D eigenvalue weighted by molar-refractivity contribution is 0.568. The van der Waals surface area contributed by atoms with Gasteiger partial charge in [-0.05, 0) is 209 Å². The van der Waals surface area contributed by atoms with E-state index < -0.39 is 5.41 Å². The Morgan fingerprint density at radius 2 is 0.786 bits per heavy atom. The van der Waals surface area contributed by atoms with E-state index in [1.54, 1.807) is 0 Å². The van der Waals surface area contributed by atoms with Crippen LogP contribution in [-0.2, 0) is 27.1 Å². The minimum absolute atomic E-state index is 0.0495.